The fourth-order valence-electron chi connectivity index (χ4n) is 8.84. The third kappa shape index (κ3) is 3.82. The summed E-state index contributed by atoms with van der Waals surface area (Å²) in [5.74, 6) is 1.18. The summed E-state index contributed by atoms with van der Waals surface area (Å²) in [7, 11) is 0. The highest BCUT2D eigenvalue weighted by Crippen LogP contribution is 2.52. The molecule has 10 heteroatoms. The van der Waals surface area contributed by atoms with Gasteiger partial charge in [0, 0.05) is 49.4 Å². The zero-order valence-corrected chi connectivity index (χ0v) is 24.3. The Morgan fingerprint density at radius 2 is 2.12 bits per heavy atom. The third-order valence-corrected chi connectivity index (χ3v) is 11.3. The third-order valence-electron chi connectivity index (χ3n) is 11.3. The van der Waals surface area contributed by atoms with Crippen LogP contribution in [-0.2, 0) is 28.1 Å². The highest BCUT2D eigenvalue weighted by atomic mass is 19.1. The van der Waals surface area contributed by atoms with Crippen LogP contribution in [0.3, 0.4) is 0 Å². The van der Waals surface area contributed by atoms with Gasteiger partial charge in [-0.05, 0) is 62.6 Å². The molecule has 0 saturated carbocycles. The minimum absolute atomic E-state index is 0.0440. The van der Waals surface area contributed by atoms with Crippen LogP contribution in [0.15, 0.2) is 12.1 Å². The summed E-state index contributed by atoms with van der Waals surface area (Å²) >= 11 is 0. The molecule has 5 aliphatic heterocycles. The SMILES string of the molecule is C[C@H]1CC[C@]2(Cc3nc(OC[C@@]45CCCN4C[C@H](F)C5)nc(N4CC[C@]45CCOC5)c3CO2)c2c1ccc(N)c2C#N. The molecule has 0 bridgehead atoms. The molecule has 6 aliphatic rings. The maximum Gasteiger partial charge on any atom is 0.318 e. The molecular weight excluding hydrogens is 535 g/mol. The molecule has 4 saturated heterocycles. The minimum Gasteiger partial charge on any atom is -0.461 e. The van der Waals surface area contributed by atoms with Gasteiger partial charge in [-0.15, -0.1) is 0 Å². The standard InChI is InChI=1S/C32H39FN6O3/c1-20-5-7-32(27-22(20)3-4-25(35)23(27)15-34)14-26-24(17-42-32)28(39-11-8-30(39)9-12-40-18-30)37-29(36-26)41-19-31-6-2-10-38(31)16-21(33)13-31/h3-4,20-21H,2,5-14,16-19,35H2,1H3/t20-,21+,30+,31-,32-/m0/s1. The van der Waals surface area contributed by atoms with Gasteiger partial charge in [-0.1, -0.05) is 13.0 Å². The summed E-state index contributed by atoms with van der Waals surface area (Å²) in [6.45, 7) is 6.69. The van der Waals surface area contributed by atoms with Gasteiger partial charge in [0.05, 0.1) is 35.5 Å². The van der Waals surface area contributed by atoms with Crippen LogP contribution >= 0.6 is 0 Å². The first kappa shape index (κ1) is 26.6. The molecule has 1 aliphatic carbocycles. The van der Waals surface area contributed by atoms with Crippen LogP contribution in [-0.4, -0.2) is 71.6 Å². The quantitative estimate of drug-likeness (QED) is 0.539. The number of halogens is 1. The average molecular weight is 575 g/mol. The maximum absolute atomic E-state index is 14.5. The number of ether oxygens (including phenoxy) is 3. The molecule has 1 aromatic heterocycles. The monoisotopic (exact) mass is 574 g/mol. The number of aromatic nitrogens is 2. The number of anilines is 2. The van der Waals surface area contributed by atoms with Crippen molar-refractivity contribution in [2.24, 2.45) is 0 Å². The molecule has 0 radical (unpaired) electrons. The van der Waals surface area contributed by atoms with Crippen LogP contribution in [0.25, 0.3) is 0 Å². The second kappa shape index (κ2) is 9.50. The second-order valence-electron chi connectivity index (χ2n) is 13.6. The van der Waals surface area contributed by atoms with Gasteiger partial charge in [-0.3, -0.25) is 4.90 Å². The lowest BCUT2D eigenvalue weighted by molar-refractivity contribution is -0.0874. The highest BCUT2D eigenvalue weighted by Gasteiger charge is 2.52. The number of rotatable bonds is 4. The topological polar surface area (TPSA) is 110 Å². The molecule has 222 valence electrons. The summed E-state index contributed by atoms with van der Waals surface area (Å²) in [4.78, 5) is 14.7. The van der Waals surface area contributed by atoms with E-state index in [1.54, 1.807) is 0 Å². The molecule has 5 atom stereocenters. The average Bonchev–Trinajstić information content (AvgIpc) is 3.69. The fraction of sp³-hybridized carbons (Fsp3) is 0.656. The van der Waals surface area contributed by atoms with Crippen LogP contribution in [0.4, 0.5) is 15.9 Å². The summed E-state index contributed by atoms with van der Waals surface area (Å²) in [6.07, 6.45) is 5.98. The van der Waals surface area contributed by atoms with E-state index in [-0.39, 0.29) is 11.1 Å². The Morgan fingerprint density at radius 1 is 1.21 bits per heavy atom. The minimum atomic E-state index is -0.815. The first-order chi connectivity index (χ1) is 20.4. The van der Waals surface area contributed by atoms with Crippen molar-refractivity contribution in [3.8, 4) is 12.1 Å². The molecule has 6 heterocycles. The fourth-order valence-corrected chi connectivity index (χ4v) is 8.84. The van der Waals surface area contributed by atoms with Crippen molar-refractivity contribution in [2.75, 3.05) is 50.1 Å². The summed E-state index contributed by atoms with van der Waals surface area (Å²) in [5.41, 5.74) is 10.3. The molecule has 0 unspecified atom stereocenters. The predicted octanol–water partition coefficient (Wildman–Crippen LogP) is 4.12. The Hall–Kier alpha value is -3.00. The molecule has 1 aromatic carbocycles. The molecule has 4 fully saturated rings. The van der Waals surface area contributed by atoms with Crippen molar-refractivity contribution >= 4 is 11.5 Å². The smallest absolute Gasteiger partial charge is 0.318 e. The van der Waals surface area contributed by atoms with E-state index < -0.39 is 11.8 Å². The molecule has 2 spiro atoms. The van der Waals surface area contributed by atoms with Gasteiger partial charge in [0.1, 0.15) is 30.3 Å². The molecule has 2 N–H and O–H groups in total. The molecule has 42 heavy (non-hydrogen) atoms. The van der Waals surface area contributed by atoms with E-state index in [9.17, 15) is 9.65 Å². The van der Waals surface area contributed by atoms with Gasteiger partial charge >= 0.3 is 6.01 Å². The summed E-state index contributed by atoms with van der Waals surface area (Å²) in [5, 5.41) is 10.2. The lowest BCUT2D eigenvalue weighted by Crippen LogP contribution is -2.61. The molecule has 9 nitrogen and oxygen atoms in total. The summed E-state index contributed by atoms with van der Waals surface area (Å²) in [6, 6.07) is 6.65. The number of nitrogens with zero attached hydrogens (tertiary/aromatic N) is 5. The van der Waals surface area contributed by atoms with E-state index in [1.807, 2.05) is 6.07 Å². The van der Waals surface area contributed by atoms with E-state index in [0.29, 0.717) is 62.4 Å². The molecule has 8 rings (SSSR count). The van der Waals surface area contributed by atoms with Crippen molar-refractivity contribution in [3.05, 3.63) is 40.1 Å². The zero-order chi connectivity index (χ0) is 28.7. The predicted molar refractivity (Wildman–Crippen MR) is 154 cm³/mol. The van der Waals surface area contributed by atoms with Crippen molar-refractivity contribution in [2.45, 2.75) is 93.7 Å². The van der Waals surface area contributed by atoms with Gasteiger partial charge in [0.15, 0.2) is 0 Å². The van der Waals surface area contributed by atoms with E-state index in [4.69, 9.17) is 29.9 Å². The lowest BCUT2D eigenvalue weighted by Gasteiger charge is -2.52. The van der Waals surface area contributed by atoms with Gasteiger partial charge in [-0.25, -0.2) is 4.39 Å². The molecular formula is C32H39FN6O3. The summed E-state index contributed by atoms with van der Waals surface area (Å²) < 4.78 is 33.6. The Kier molecular flexibility index (Phi) is 6.02. The van der Waals surface area contributed by atoms with Crippen molar-refractivity contribution in [1.29, 1.82) is 5.26 Å². The van der Waals surface area contributed by atoms with Crippen LogP contribution in [0.1, 0.15) is 85.7 Å². The number of hydrogen-bond donors (Lipinski definition) is 1. The number of hydrogen-bond acceptors (Lipinski definition) is 9. The number of benzene rings is 1. The largest absolute Gasteiger partial charge is 0.461 e. The van der Waals surface area contributed by atoms with Crippen LogP contribution in [0, 0.1) is 11.3 Å². The van der Waals surface area contributed by atoms with E-state index in [2.05, 4.69) is 28.9 Å². The molecule has 0 amide bonds. The Balaban J connectivity index is 1.19. The van der Waals surface area contributed by atoms with Crippen LogP contribution < -0.4 is 15.4 Å². The highest BCUT2D eigenvalue weighted by molar-refractivity contribution is 5.64. The van der Waals surface area contributed by atoms with E-state index >= 15 is 0 Å². The van der Waals surface area contributed by atoms with Gasteiger partial charge in [-0.2, -0.15) is 15.2 Å². The van der Waals surface area contributed by atoms with Crippen LogP contribution in [0.5, 0.6) is 6.01 Å². The molecule has 2 aromatic rings. The Morgan fingerprint density at radius 3 is 2.90 bits per heavy atom. The van der Waals surface area contributed by atoms with Gasteiger partial charge in [0.25, 0.3) is 0 Å². The van der Waals surface area contributed by atoms with Gasteiger partial charge < -0.3 is 24.8 Å². The Labute approximate surface area is 246 Å². The number of fused-ring (bicyclic) bond motifs is 4. The number of nitrogen functional groups attached to an aromatic ring is 1. The maximum atomic E-state index is 14.5. The normalized spacial score (nSPS) is 35.1. The number of nitriles is 1. The number of alkyl halides is 1. The van der Waals surface area contributed by atoms with Crippen molar-refractivity contribution in [1.82, 2.24) is 14.9 Å². The first-order valence-corrected chi connectivity index (χ1v) is 15.6. The van der Waals surface area contributed by atoms with Gasteiger partial charge in [0.2, 0.25) is 0 Å². The zero-order valence-electron chi connectivity index (χ0n) is 24.3. The van der Waals surface area contributed by atoms with E-state index in [0.717, 1.165) is 86.4 Å². The van der Waals surface area contributed by atoms with Crippen molar-refractivity contribution < 1.29 is 18.6 Å². The second-order valence-corrected chi connectivity index (χ2v) is 13.6. The Bertz CT molecular complexity index is 1470. The van der Waals surface area contributed by atoms with Crippen molar-refractivity contribution in [3.63, 3.8) is 0 Å². The first-order valence-electron chi connectivity index (χ1n) is 15.6. The number of nitrogens with two attached hydrogens (primary N) is 1. The van der Waals surface area contributed by atoms with Crippen LogP contribution in [0.2, 0.25) is 0 Å². The van der Waals surface area contributed by atoms with E-state index in [1.165, 1.54) is 0 Å². The lowest BCUT2D eigenvalue weighted by atomic mass is 9.69.